The molecule has 0 aliphatic rings. The molecule has 0 saturated carbocycles. The summed E-state index contributed by atoms with van der Waals surface area (Å²) in [7, 11) is 1.68. The maximum Gasteiger partial charge on any atom is 0.424 e. The fourth-order valence-corrected chi connectivity index (χ4v) is 0.861. The number of carbonyl (C=O) groups excluding carboxylic acids is 1. The third-order valence-corrected chi connectivity index (χ3v) is 1.47. The van der Waals surface area contributed by atoms with Crippen LogP contribution >= 0.6 is 0 Å². The van der Waals surface area contributed by atoms with Crippen molar-refractivity contribution in [1.82, 2.24) is 10.4 Å². The van der Waals surface area contributed by atoms with E-state index in [0.717, 1.165) is 6.42 Å². The molecule has 0 rings (SSSR count). The van der Waals surface area contributed by atoms with Crippen molar-refractivity contribution in [3.8, 4) is 0 Å². The zero-order valence-corrected chi connectivity index (χ0v) is 9.46. The van der Waals surface area contributed by atoms with Crippen molar-refractivity contribution in [3.05, 3.63) is 0 Å². The van der Waals surface area contributed by atoms with Crippen molar-refractivity contribution in [3.63, 3.8) is 0 Å². The zero-order valence-electron chi connectivity index (χ0n) is 9.46. The minimum Gasteiger partial charge on any atom is -0.443 e. The first-order valence-corrected chi connectivity index (χ1v) is 4.78. The van der Waals surface area contributed by atoms with Crippen LogP contribution in [0.2, 0.25) is 0 Å². The minimum atomic E-state index is -0.463. The zero-order chi connectivity index (χ0) is 11.2. The summed E-state index contributed by atoms with van der Waals surface area (Å²) in [5.74, 6) is 0. The lowest BCUT2D eigenvalue weighted by atomic mass is 10.2. The molecule has 0 saturated heterocycles. The molecule has 0 bridgehead atoms. The van der Waals surface area contributed by atoms with Crippen LogP contribution in [0.4, 0.5) is 4.79 Å². The van der Waals surface area contributed by atoms with Gasteiger partial charge in [0, 0.05) is 13.6 Å². The fraction of sp³-hybridized carbons (Fsp3) is 0.889. The number of amides is 1. The highest BCUT2D eigenvalue weighted by molar-refractivity contribution is 5.67. The topological polar surface area (TPSA) is 67.6 Å². The van der Waals surface area contributed by atoms with Crippen molar-refractivity contribution in [2.45, 2.75) is 32.8 Å². The second kappa shape index (κ2) is 5.82. The van der Waals surface area contributed by atoms with E-state index in [4.69, 9.17) is 10.5 Å². The van der Waals surface area contributed by atoms with Gasteiger partial charge < -0.3 is 10.5 Å². The molecule has 3 N–H and O–H groups in total. The molecule has 0 radical (unpaired) electrons. The highest BCUT2D eigenvalue weighted by Crippen LogP contribution is 2.08. The van der Waals surface area contributed by atoms with Crippen LogP contribution in [0.15, 0.2) is 0 Å². The molecule has 0 fully saturated rings. The van der Waals surface area contributed by atoms with E-state index in [1.165, 1.54) is 5.01 Å². The fourth-order valence-electron chi connectivity index (χ4n) is 0.861. The second-order valence-corrected chi connectivity index (χ2v) is 4.00. The van der Waals surface area contributed by atoms with Gasteiger partial charge in [0.05, 0.1) is 0 Å². The van der Waals surface area contributed by atoms with Crippen molar-refractivity contribution in [2.75, 3.05) is 20.1 Å². The number of hydrazine groups is 1. The summed E-state index contributed by atoms with van der Waals surface area (Å²) in [5, 5.41) is 1.41. The van der Waals surface area contributed by atoms with Crippen LogP contribution in [-0.2, 0) is 4.74 Å². The number of hydrogen-bond donors (Lipinski definition) is 2. The summed E-state index contributed by atoms with van der Waals surface area (Å²) in [6.07, 6.45) is 0.383. The first-order valence-electron chi connectivity index (χ1n) is 4.78. The van der Waals surface area contributed by atoms with Gasteiger partial charge in [-0.05, 0) is 33.7 Å². The molecule has 5 nitrogen and oxygen atoms in total. The number of carbonyl (C=O) groups is 1. The number of rotatable bonds is 4. The molecule has 1 amide bonds. The van der Waals surface area contributed by atoms with Crippen LogP contribution in [-0.4, -0.2) is 36.8 Å². The summed E-state index contributed by atoms with van der Waals surface area (Å²) in [5.41, 5.74) is 7.65. The number of nitrogens with two attached hydrogens (primary N) is 1. The Morgan fingerprint density at radius 3 is 2.43 bits per heavy atom. The van der Waals surface area contributed by atoms with Gasteiger partial charge in [0.2, 0.25) is 0 Å². The smallest absolute Gasteiger partial charge is 0.424 e. The van der Waals surface area contributed by atoms with Crippen molar-refractivity contribution >= 4 is 6.09 Å². The summed E-state index contributed by atoms with van der Waals surface area (Å²) in [6.45, 7) is 6.62. The van der Waals surface area contributed by atoms with Crippen LogP contribution in [0.5, 0.6) is 0 Å². The second-order valence-electron chi connectivity index (χ2n) is 4.00. The molecule has 14 heavy (non-hydrogen) atoms. The Bertz CT molecular complexity index is 177. The Morgan fingerprint density at radius 1 is 1.50 bits per heavy atom. The average Bonchev–Trinajstić information content (AvgIpc) is 2.02. The molecule has 0 unspecified atom stereocenters. The molecular weight excluding hydrogens is 182 g/mol. The van der Waals surface area contributed by atoms with Gasteiger partial charge in [-0.1, -0.05) is 0 Å². The van der Waals surface area contributed by atoms with E-state index in [0.29, 0.717) is 13.1 Å². The van der Waals surface area contributed by atoms with Gasteiger partial charge >= 0.3 is 6.09 Å². The number of nitrogens with zero attached hydrogens (tertiary/aromatic N) is 1. The van der Waals surface area contributed by atoms with Gasteiger partial charge in [0.15, 0.2) is 0 Å². The molecule has 0 spiro atoms. The SMILES string of the molecule is CNN(CCCN)C(=O)OC(C)(C)C. The van der Waals surface area contributed by atoms with Crippen molar-refractivity contribution < 1.29 is 9.53 Å². The van der Waals surface area contributed by atoms with Crippen molar-refractivity contribution in [1.29, 1.82) is 0 Å². The Hall–Kier alpha value is -0.810. The van der Waals surface area contributed by atoms with E-state index in [-0.39, 0.29) is 6.09 Å². The Labute approximate surface area is 85.6 Å². The quantitative estimate of drug-likeness (QED) is 0.660. The van der Waals surface area contributed by atoms with E-state index in [9.17, 15) is 4.79 Å². The van der Waals surface area contributed by atoms with Crippen LogP contribution in [0.25, 0.3) is 0 Å². The lowest BCUT2D eigenvalue weighted by Crippen LogP contribution is -2.44. The van der Waals surface area contributed by atoms with Gasteiger partial charge in [-0.2, -0.15) is 0 Å². The van der Waals surface area contributed by atoms with Gasteiger partial charge in [-0.25, -0.2) is 15.2 Å². The molecule has 0 aromatic rings. The molecule has 84 valence electrons. The standard InChI is InChI=1S/C9H21N3O2/c1-9(2,3)14-8(13)12(11-4)7-5-6-10/h11H,5-7,10H2,1-4H3. The normalized spacial score (nSPS) is 11.2. The summed E-state index contributed by atoms with van der Waals surface area (Å²) in [6, 6.07) is 0. The van der Waals surface area contributed by atoms with E-state index in [1.54, 1.807) is 7.05 Å². The lowest BCUT2D eigenvalue weighted by molar-refractivity contribution is 0.0159. The molecule has 0 aliphatic carbocycles. The Kier molecular flexibility index (Phi) is 5.49. The largest absolute Gasteiger partial charge is 0.443 e. The van der Waals surface area contributed by atoms with E-state index < -0.39 is 5.60 Å². The minimum absolute atomic E-state index is 0.367. The molecule has 0 aliphatic heterocycles. The van der Waals surface area contributed by atoms with Gasteiger partial charge in [-0.3, -0.25) is 0 Å². The predicted octanol–water partition coefficient (Wildman–Crippen LogP) is 0.707. The molecule has 0 atom stereocenters. The van der Waals surface area contributed by atoms with Crippen LogP contribution in [0.3, 0.4) is 0 Å². The molecular formula is C9H21N3O2. The maximum atomic E-state index is 11.5. The van der Waals surface area contributed by atoms with Gasteiger partial charge in [0.25, 0.3) is 0 Å². The van der Waals surface area contributed by atoms with E-state index >= 15 is 0 Å². The predicted molar refractivity (Wildman–Crippen MR) is 55.7 cm³/mol. The highest BCUT2D eigenvalue weighted by Gasteiger charge is 2.20. The molecule has 0 heterocycles. The molecule has 0 aromatic heterocycles. The first kappa shape index (κ1) is 13.2. The average molecular weight is 203 g/mol. The van der Waals surface area contributed by atoms with Crippen LogP contribution < -0.4 is 11.2 Å². The first-order chi connectivity index (χ1) is 6.40. The van der Waals surface area contributed by atoms with Crippen molar-refractivity contribution in [2.24, 2.45) is 5.73 Å². The number of ether oxygens (including phenoxy) is 1. The maximum absolute atomic E-state index is 11.5. The lowest BCUT2D eigenvalue weighted by Gasteiger charge is -2.26. The Morgan fingerprint density at radius 2 is 2.07 bits per heavy atom. The third-order valence-electron chi connectivity index (χ3n) is 1.47. The van der Waals surface area contributed by atoms with Gasteiger partial charge in [-0.15, -0.1) is 0 Å². The third kappa shape index (κ3) is 5.77. The summed E-state index contributed by atoms with van der Waals surface area (Å²) >= 11 is 0. The Balaban J connectivity index is 4.04. The molecule has 5 heteroatoms. The molecule has 0 aromatic carbocycles. The van der Waals surface area contributed by atoms with E-state index in [1.807, 2.05) is 20.8 Å². The number of nitrogens with one attached hydrogen (secondary N) is 1. The van der Waals surface area contributed by atoms with E-state index in [2.05, 4.69) is 5.43 Å². The summed E-state index contributed by atoms with van der Waals surface area (Å²) in [4.78, 5) is 11.5. The van der Waals surface area contributed by atoms with Crippen LogP contribution in [0, 0.1) is 0 Å². The highest BCUT2D eigenvalue weighted by atomic mass is 16.6. The monoisotopic (exact) mass is 203 g/mol. The van der Waals surface area contributed by atoms with Crippen LogP contribution in [0.1, 0.15) is 27.2 Å². The number of hydrogen-bond acceptors (Lipinski definition) is 4. The van der Waals surface area contributed by atoms with Gasteiger partial charge in [0.1, 0.15) is 5.60 Å². The summed E-state index contributed by atoms with van der Waals surface area (Å²) < 4.78 is 5.17.